The van der Waals surface area contributed by atoms with Crippen LogP contribution in [0.1, 0.15) is 0 Å². The zero-order valence-corrected chi connectivity index (χ0v) is 10.9. The smallest absolute Gasteiger partial charge is 0.357 e. The van der Waals surface area contributed by atoms with Gasteiger partial charge in [-0.25, -0.2) is 4.21 Å². The lowest BCUT2D eigenvalue weighted by atomic mass is 10.0. The van der Waals surface area contributed by atoms with Gasteiger partial charge in [0, 0.05) is 0 Å². The van der Waals surface area contributed by atoms with E-state index in [1.54, 1.807) is 24.3 Å². The third kappa shape index (κ3) is 3.00. The van der Waals surface area contributed by atoms with Gasteiger partial charge in [-0.3, -0.25) is 4.57 Å². The van der Waals surface area contributed by atoms with Gasteiger partial charge >= 0.3 is 6.57 Å². The Morgan fingerprint density at radius 3 is 2.76 bits per heavy atom. The molecular weight excluding hydrogens is 258 g/mol. The molecule has 1 heterocycles. The average molecular weight is 270 g/mol. The molecule has 90 valence electrons. The first-order valence-electron chi connectivity index (χ1n) is 5.18. The Balaban J connectivity index is 2.10. The Labute approximate surface area is 104 Å². The lowest BCUT2D eigenvalue weighted by molar-refractivity contribution is 0.111. The first-order chi connectivity index (χ1) is 8.14. The Morgan fingerprint density at radius 1 is 1.47 bits per heavy atom. The maximum Gasteiger partial charge on any atom is 0.357 e. The van der Waals surface area contributed by atoms with Gasteiger partial charge in [-0.05, 0) is 12.1 Å². The molecule has 0 aromatic heterocycles. The predicted octanol–water partition coefficient (Wildman–Crippen LogP) is 1.95. The molecule has 1 aromatic rings. The number of hydrogen-bond donors (Lipinski definition) is 0. The summed E-state index contributed by atoms with van der Waals surface area (Å²) < 4.78 is 34.8. The highest BCUT2D eigenvalue weighted by Crippen LogP contribution is 2.53. The van der Waals surface area contributed by atoms with E-state index in [4.69, 9.17) is 17.1 Å². The van der Waals surface area contributed by atoms with E-state index in [9.17, 15) is 8.77 Å². The minimum absolute atomic E-state index is 0.142. The predicted molar refractivity (Wildman–Crippen MR) is 68.0 cm³/mol. The van der Waals surface area contributed by atoms with Crippen LogP contribution in [0.3, 0.4) is 0 Å². The molecular formula is C10H12BO4PS. The van der Waals surface area contributed by atoms with Crippen LogP contribution in [-0.2, 0) is 19.7 Å². The molecule has 1 saturated heterocycles. The Morgan fingerprint density at radius 2 is 2.18 bits per heavy atom. The summed E-state index contributed by atoms with van der Waals surface area (Å²) in [5.41, 5.74) is 0. The normalized spacial score (nSPS) is 33.2. The second-order valence-electron chi connectivity index (χ2n) is 3.66. The first kappa shape index (κ1) is 12.9. The number of hydrogen-bond acceptors (Lipinski definition) is 4. The highest BCUT2D eigenvalue weighted by molar-refractivity contribution is 8.47. The maximum absolute atomic E-state index is 12.3. The summed E-state index contributed by atoms with van der Waals surface area (Å²) in [4.78, 5) is 0. The first-order valence-corrected chi connectivity index (χ1v) is 8.92. The van der Waals surface area contributed by atoms with Gasteiger partial charge in [-0.2, -0.15) is 0 Å². The summed E-state index contributed by atoms with van der Waals surface area (Å²) in [6.07, 6.45) is -0.162. The van der Waals surface area contributed by atoms with E-state index in [0.29, 0.717) is 5.75 Å². The molecule has 1 unspecified atom stereocenters. The standard InChI is InChI=1S/C10H12BO4PS/c11-6-10-7-17(13)16(12,8-14-10)15-9-4-2-1-3-5-9/h1-5,10H,6-8H2/t10-,16+,17?/m0/s1. The van der Waals surface area contributed by atoms with Crippen LogP contribution in [0.25, 0.3) is 0 Å². The van der Waals surface area contributed by atoms with E-state index >= 15 is 0 Å². The monoisotopic (exact) mass is 270 g/mol. The highest BCUT2D eigenvalue weighted by atomic mass is 32.8. The molecule has 7 heteroatoms. The second kappa shape index (κ2) is 5.38. The fraction of sp³-hybridized carbons (Fsp3) is 0.400. The van der Waals surface area contributed by atoms with Crippen LogP contribution < -0.4 is 4.52 Å². The van der Waals surface area contributed by atoms with E-state index in [1.807, 2.05) is 6.07 Å². The van der Waals surface area contributed by atoms with Gasteiger partial charge in [0.2, 0.25) is 0 Å². The van der Waals surface area contributed by atoms with Gasteiger partial charge in [-0.15, -0.1) is 0 Å². The maximum atomic E-state index is 12.3. The van der Waals surface area contributed by atoms with E-state index in [-0.39, 0.29) is 24.5 Å². The largest absolute Gasteiger partial charge is 0.433 e. The molecule has 1 aliphatic rings. The molecule has 0 N–H and O–H groups in total. The minimum atomic E-state index is -3.28. The number of para-hydroxylation sites is 1. The average Bonchev–Trinajstić information content (AvgIpc) is 2.34. The van der Waals surface area contributed by atoms with Crippen molar-refractivity contribution in [2.24, 2.45) is 0 Å². The summed E-state index contributed by atoms with van der Waals surface area (Å²) in [7, 11) is 3.87. The van der Waals surface area contributed by atoms with E-state index in [0.717, 1.165) is 0 Å². The van der Waals surface area contributed by atoms with Crippen molar-refractivity contribution in [2.75, 3.05) is 12.1 Å². The molecule has 0 bridgehead atoms. The highest BCUT2D eigenvalue weighted by Gasteiger charge is 2.39. The SMILES string of the molecule is [B]C[C@H]1CS(=O)[P@](=O)(Oc2ccccc2)CO1. The Kier molecular flexibility index (Phi) is 4.07. The van der Waals surface area contributed by atoms with Gasteiger partial charge in [-0.1, -0.05) is 24.5 Å². The summed E-state index contributed by atoms with van der Waals surface area (Å²) in [6, 6.07) is 8.69. The molecule has 3 atom stereocenters. The Bertz CT molecular complexity index is 453. The van der Waals surface area contributed by atoms with E-state index < -0.39 is 17.0 Å². The van der Waals surface area contributed by atoms with Crippen LogP contribution in [0.4, 0.5) is 0 Å². The van der Waals surface area contributed by atoms with Crippen molar-refractivity contribution < 1.29 is 18.0 Å². The van der Waals surface area contributed by atoms with Crippen LogP contribution in [-0.4, -0.2) is 30.3 Å². The molecule has 2 radical (unpaired) electrons. The number of rotatable bonds is 3. The van der Waals surface area contributed by atoms with Crippen molar-refractivity contribution in [3.63, 3.8) is 0 Å². The fourth-order valence-corrected chi connectivity index (χ4v) is 5.51. The van der Waals surface area contributed by atoms with Crippen molar-refractivity contribution in [3.8, 4) is 5.75 Å². The molecule has 0 amide bonds. The summed E-state index contributed by atoms with van der Waals surface area (Å²) in [6.45, 7) is -3.28. The second-order valence-corrected chi connectivity index (χ2v) is 9.19. The van der Waals surface area contributed by atoms with Crippen LogP contribution >= 0.6 is 6.57 Å². The zero-order chi connectivity index (χ0) is 12.3. The van der Waals surface area contributed by atoms with Crippen molar-refractivity contribution in [3.05, 3.63) is 30.3 Å². The van der Waals surface area contributed by atoms with Gasteiger partial charge in [0.25, 0.3) is 0 Å². The van der Waals surface area contributed by atoms with Crippen LogP contribution in [0.15, 0.2) is 30.3 Å². The fourth-order valence-electron chi connectivity index (χ4n) is 1.42. The van der Waals surface area contributed by atoms with Gasteiger partial charge in [0.15, 0.2) is 0 Å². The lowest BCUT2D eigenvalue weighted by Gasteiger charge is -2.27. The molecule has 1 aromatic carbocycles. The van der Waals surface area contributed by atoms with Crippen LogP contribution in [0.5, 0.6) is 5.75 Å². The molecule has 0 saturated carbocycles. The van der Waals surface area contributed by atoms with Gasteiger partial charge in [0.05, 0.1) is 19.7 Å². The van der Waals surface area contributed by atoms with Crippen molar-refractivity contribution in [1.29, 1.82) is 0 Å². The van der Waals surface area contributed by atoms with Gasteiger partial charge < -0.3 is 9.26 Å². The molecule has 17 heavy (non-hydrogen) atoms. The van der Waals surface area contributed by atoms with E-state index in [2.05, 4.69) is 0 Å². The third-order valence-corrected chi connectivity index (χ3v) is 7.44. The molecule has 2 rings (SSSR count). The summed E-state index contributed by atoms with van der Waals surface area (Å²) >= 11 is 0. The third-order valence-electron chi connectivity index (χ3n) is 2.36. The van der Waals surface area contributed by atoms with Crippen LogP contribution in [0.2, 0.25) is 6.32 Å². The minimum Gasteiger partial charge on any atom is -0.433 e. The zero-order valence-electron chi connectivity index (χ0n) is 9.15. The molecule has 4 nitrogen and oxygen atoms in total. The lowest BCUT2D eigenvalue weighted by Crippen LogP contribution is -2.28. The van der Waals surface area contributed by atoms with Crippen molar-refractivity contribution in [2.45, 2.75) is 12.4 Å². The Hall–Kier alpha value is -0.575. The van der Waals surface area contributed by atoms with Crippen molar-refractivity contribution >= 4 is 24.8 Å². The molecule has 0 aliphatic carbocycles. The van der Waals surface area contributed by atoms with Gasteiger partial charge in [0.1, 0.15) is 22.5 Å². The molecule has 0 spiro atoms. The molecule has 1 fully saturated rings. The van der Waals surface area contributed by atoms with Crippen molar-refractivity contribution in [1.82, 2.24) is 0 Å². The topological polar surface area (TPSA) is 52.6 Å². The van der Waals surface area contributed by atoms with E-state index in [1.165, 1.54) is 0 Å². The quantitative estimate of drug-likeness (QED) is 0.622. The summed E-state index contributed by atoms with van der Waals surface area (Å²) in [5, 5.41) is 0. The number of benzene rings is 1. The van der Waals surface area contributed by atoms with Crippen LogP contribution in [0, 0.1) is 0 Å². The molecule has 1 aliphatic heterocycles. The summed E-state index contributed by atoms with van der Waals surface area (Å²) in [5.74, 6) is 0.611. The number of ether oxygens (including phenoxy) is 1.